The first-order chi connectivity index (χ1) is 11.4. The lowest BCUT2D eigenvalue weighted by Gasteiger charge is -2.28. The molecule has 0 bridgehead atoms. The predicted octanol–water partition coefficient (Wildman–Crippen LogP) is 2.65. The maximum absolute atomic E-state index is 12.8. The molecule has 0 unspecified atom stereocenters. The summed E-state index contributed by atoms with van der Waals surface area (Å²) in [5.41, 5.74) is 0.789. The van der Waals surface area contributed by atoms with E-state index in [9.17, 15) is 22.8 Å². The molecule has 1 aliphatic rings. The molecule has 140 valence electrons. The summed E-state index contributed by atoms with van der Waals surface area (Å²) >= 11 is 0. The molecule has 2 rings (SSSR count). The van der Waals surface area contributed by atoms with E-state index in [1.54, 1.807) is 13.1 Å². The van der Waals surface area contributed by atoms with Gasteiger partial charge < -0.3 is 0 Å². The maximum Gasteiger partial charge on any atom is 0.389 e. The Balaban J connectivity index is 2.15. The van der Waals surface area contributed by atoms with Gasteiger partial charge in [0.05, 0.1) is 12.1 Å². The van der Waals surface area contributed by atoms with E-state index >= 15 is 0 Å². The number of hydrogen-bond acceptors (Lipinski definition) is 3. The number of hydrazine groups is 1. The summed E-state index contributed by atoms with van der Waals surface area (Å²) in [5.74, 6) is -1.12. The second kappa shape index (κ2) is 6.68. The molecule has 0 spiro atoms. The van der Waals surface area contributed by atoms with Gasteiger partial charge in [0, 0.05) is 32.0 Å². The van der Waals surface area contributed by atoms with Gasteiger partial charge in [0.2, 0.25) is 5.91 Å². The second-order valence-electron chi connectivity index (χ2n) is 7.20. The highest BCUT2D eigenvalue weighted by Crippen LogP contribution is 2.25. The average molecular weight is 360 g/mol. The molecule has 0 N–H and O–H groups in total. The van der Waals surface area contributed by atoms with Crippen LogP contribution in [0.15, 0.2) is 6.07 Å². The van der Waals surface area contributed by atoms with Crippen molar-refractivity contribution in [1.29, 1.82) is 0 Å². The third-order valence-electron chi connectivity index (χ3n) is 4.04. The zero-order valence-electron chi connectivity index (χ0n) is 14.9. The van der Waals surface area contributed by atoms with E-state index in [0.29, 0.717) is 18.7 Å². The highest BCUT2D eigenvalue weighted by atomic mass is 19.4. The Labute approximate surface area is 144 Å². The van der Waals surface area contributed by atoms with Crippen molar-refractivity contribution in [2.24, 2.45) is 7.05 Å². The molecular formula is C16H23F3N4O2. The number of aryl methyl sites for hydroxylation is 1. The van der Waals surface area contributed by atoms with Gasteiger partial charge in [-0.2, -0.15) is 18.3 Å². The third kappa shape index (κ3) is 4.52. The fourth-order valence-corrected chi connectivity index (χ4v) is 2.63. The zero-order valence-corrected chi connectivity index (χ0v) is 14.9. The summed E-state index contributed by atoms with van der Waals surface area (Å²) in [5, 5.41) is 6.68. The van der Waals surface area contributed by atoms with Crippen LogP contribution < -0.4 is 0 Å². The van der Waals surface area contributed by atoms with Crippen LogP contribution in [0.3, 0.4) is 0 Å². The van der Waals surface area contributed by atoms with E-state index in [1.165, 1.54) is 9.69 Å². The molecule has 2 amide bonds. The van der Waals surface area contributed by atoms with Crippen LogP contribution in [-0.2, 0) is 17.3 Å². The summed E-state index contributed by atoms with van der Waals surface area (Å²) in [6.07, 6.45) is -5.71. The van der Waals surface area contributed by atoms with Crippen LogP contribution in [-0.4, -0.2) is 50.9 Å². The molecule has 9 heteroatoms. The molecule has 1 aromatic heterocycles. The number of aromatic nitrogens is 2. The van der Waals surface area contributed by atoms with Crippen molar-refractivity contribution in [3.63, 3.8) is 0 Å². The first kappa shape index (κ1) is 19.3. The van der Waals surface area contributed by atoms with Crippen molar-refractivity contribution < 1.29 is 22.8 Å². The molecule has 1 aromatic rings. The second-order valence-corrected chi connectivity index (χ2v) is 7.20. The standard InChI is InChI=1S/C16H23F3N4O2/c1-15(2,3)12-10-11(21(4)20-12)14(25)23-9-5-8-22(23)13(24)6-7-16(17,18)19/h10H,5-9H2,1-4H3. The van der Waals surface area contributed by atoms with E-state index in [1.807, 2.05) is 20.8 Å². The van der Waals surface area contributed by atoms with Crippen LogP contribution in [0.1, 0.15) is 56.2 Å². The van der Waals surface area contributed by atoms with E-state index in [-0.39, 0.29) is 12.0 Å². The fourth-order valence-electron chi connectivity index (χ4n) is 2.63. The Kier molecular flexibility index (Phi) is 5.15. The largest absolute Gasteiger partial charge is 0.389 e. The lowest BCUT2D eigenvalue weighted by Crippen LogP contribution is -2.45. The number of alkyl halides is 3. The molecule has 6 nitrogen and oxygen atoms in total. The van der Waals surface area contributed by atoms with Crippen LogP contribution in [0.25, 0.3) is 0 Å². The van der Waals surface area contributed by atoms with Crippen molar-refractivity contribution in [1.82, 2.24) is 19.8 Å². The van der Waals surface area contributed by atoms with Crippen molar-refractivity contribution in [2.45, 2.75) is 51.6 Å². The molecule has 25 heavy (non-hydrogen) atoms. The van der Waals surface area contributed by atoms with E-state index in [0.717, 1.165) is 10.7 Å². The average Bonchev–Trinajstić information content (AvgIpc) is 3.09. The summed E-state index contributed by atoms with van der Waals surface area (Å²) in [6.45, 7) is 6.43. The Hall–Kier alpha value is -2.06. The Morgan fingerprint density at radius 2 is 1.76 bits per heavy atom. The Morgan fingerprint density at radius 3 is 2.28 bits per heavy atom. The monoisotopic (exact) mass is 360 g/mol. The molecule has 0 aliphatic carbocycles. The molecule has 2 heterocycles. The number of carbonyl (C=O) groups is 2. The number of hydrogen-bond donors (Lipinski definition) is 0. The highest BCUT2D eigenvalue weighted by molar-refractivity contribution is 5.94. The number of amides is 2. The van der Waals surface area contributed by atoms with E-state index < -0.39 is 30.8 Å². The Morgan fingerprint density at radius 1 is 1.16 bits per heavy atom. The highest BCUT2D eigenvalue weighted by Gasteiger charge is 2.35. The summed E-state index contributed by atoms with van der Waals surface area (Å²) < 4.78 is 38.4. The molecule has 0 radical (unpaired) electrons. The van der Waals surface area contributed by atoms with Gasteiger partial charge in [-0.3, -0.25) is 19.3 Å². The van der Waals surface area contributed by atoms with Crippen LogP contribution in [0.2, 0.25) is 0 Å². The van der Waals surface area contributed by atoms with Gasteiger partial charge in [-0.05, 0) is 12.5 Å². The lowest BCUT2D eigenvalue weighted by molar-refractivity contribution is -0.154. The molecule has 1 aliphatic heterocycles. The predicted molar refractivity (Wildman–Crippen MR) is 84.6 cm³/mol. The van der Waals surface area contributed by atoms with Crippen LogP contribution in [0.4, 0.5) is 13.2 Å². The molecule has 1 fully saturated rings. The molecule has 1 saturated heterocycles. The molecular weight excluding hydrogens is 337 g/mol. The Bertz CT molecular complexity index is 661. The van der Waals surface area contributed by atoms with Crippen LogP contribution in [0, 0.1) is 0 Å². The summed E-state index contributed by atoms with van der Waals surface area (Å²) in [7, 11) is 1.63. The quantitative estimate of drug-likeness (QED) is 0.833. The van der Waals surface area contributed by atoms with Crippen LogP contribution >= 0.6 is 0 Å². The lowest BCUT2D eigenvalue weighted by atomic mass is 9.92. The van der Waals surface area contributed by atoms with Gasteiger partial charge in [-0.1, -0.05) is 20.8 Å². The summed E-state index contributed by atoms with van der Waals surface area (Å²) in [6, 6.07) is 1.67. The van der Waals surface area contributed by atoms with Crippen molar-refractivity contribution in [3.05, 3.63) is 17.5 Å². The van der Waals surface area contributed by atoms with Gasteiger partial charge in [0.25, 0.3) is 5.91 Å². The minimum Gasteiger partial charge on any atom is -0.273 e. The minimum absolute atomic E-state index is 0.242. The van der Waals surface area contributed by atoms with Gasteiger partial charge in [0.15, 0.2) is 0 Å². The number of nitrogens with zero attached hydrogens (tertiary/aromatic N) is 4. The normalized spacial score (nSPS) is 15.8. The number of halogens is 3. The van der Waals surface area contributed by atoms with Gasteiger partial charge in [-0.25, -0.2) is 5.01 Å². The molecule has 0 aromatic carbocycles. The smallest absolute Gasteiger partial charge is 0.273 e. The maximum atomic E-state index is 12.8. The van der Waals surface area contributed by atoms with Crippen LogP contribution in [0.5, 0.6) is 0 Å². The van der Waals surface area contributed by atoms with E-state index in [4.69, 9.17) is 0 Å². The summed E-state index contributed by atoms with van der Waals surface area (Å²) in [4.78, 5) is 24.9. The SMILES string of the molecule is Cn1nc(C(C)(C)C)cc1C(=O)N1CCCN1C(=O)CCC(F)(F)F. The fraction of sp³-hybridized carbons (Fsp3) is 0.688. The molecule has 0 atom stereocenters. The first-order valence-corrected chi connectivity index (χ1v) is 8.13. The van der Waals surface area contributed by atoms with E-state index in [2.05, 4.69) is 5.10 Å². The zero-order chi connectivity index (χ0) is 19.0. The van der Waals surface area contributed by atoms with Gasteiger partial charge >= 0.3 is 6.18 Å². The van der Waals surface area contributed by atoms with Crippen molar-refractivity contribution >= 4 is 11.8 Å². The van der Waals surface area contributed by atoms with Crippen molar-refractivity contribution in [3.8, 4) is 0 Å². The number of rotatable bonds is 3. The van der Waals surface area contributed by atoms with Gasteiger partial charge in [0.1, 0.15) is 5.69 Å². The minimum atomic E-state index is -4.39. The van der Waals surface area contributed by atoms with Gasteiger partial charge in [-0.15, -0.1) is 0 Å². The number of carbonyl (C=O) groups excluding carboxylic acids is 2. The topological polar surface area (TPSA) is 58.4 Å². The third-order valence-corrected chi connectivity index (χ3v) is 4.04. The van der Waals surface area contributed by atoms with Crippen molar-refractivity contribution in [2.75, 3.05) is 13.1 Å². The molecule has 0 saturated carbocycles. The first-order valence-electron chi connectivity index (χ1n) is 8.13.